The van der Waals surface area contributed by atoms with E-state index in [2.05, 4.69) is 6.58 Å². The average Bonchev–Trinajstić information content (AvgIpc) is 2.92. The van der Waals surface area contributed by atoms with Crippen molar-refractivity contribution in [2.45, 2.75) is 64.2 Å². The smallest absolute Gasteiger partial charge is 0.358 e. The van der Waals surface area contributed by atoms with Gasteiger partial charge in [-0.15, -0.1) is 0 Å². The van der Waals surface area contributed by atoms with Crippen molar-refractivity contribution in [2.75, 3.05) is 0 Å². The van der Waals surface area contributed by atoms with E-state index < -0.39 is 0 Å². The second-order valence-corrected chi connectivity index (χ2v) is 4.90. The van der Waals surface area contributed by atoms with Gasteiger partial charge in [0.1, 0.15) is 6.29 Å². The molecule has 0 spiro atoms. The molecule has 0 atom stereocenters. The van der Waals surface area contributed by atoms with Gasteiger partial charge in [-0.05, 0) is 17.9 Å². The van der Waals surface area contributed by atoms with Crippen molar-refractivity contribution in [3.63, 3.8) is 0 Å². The van der Waals surface area contributed by atoms with Crippen LogP contribution in [-0.2, 0) is 21.9 Å². The van der Waals surface area contributed by atoms with E-state index in [-0.39, 0.29) is 31.9 Å². The van der Waals surface area contributed by atoms with Crippen molar-refractivity contribution < 1.29 is 21.9 Å². The molecule has 2 saturated carbocycles. The summed E-state index contributed by atoms with van der Waals surface area (Å²) in [6.07, 6.45) is 14.6. The molecule has 0 radical (unpaired) electrons. The maximum Gasteiger partial charge on any atom is 2.00 e. The molecule has 0 amide bonds. The van der Waals surface area contributed by atoms with Crippen molar-refractivity contribution in [2.24, 2.45) is 5.92 Å². The van der Waals surface area contributed by atoms with E-state index in [1.165, 1.54) is 57.8 Å². The molecule has 2 aliphatic carbocycles. The Bertz CT molecular complexity index is 184. The fourth-order valence-corrected chi connectivity index (χ4v) is 2.52. The predicted molar refractivity (Wildman–Crippen MR) is 77.7 cm³/mol. The normalized spacial score (nSPS) is 17.3. The monoisotopic (exact) mass is 294 g/mol. The molecule has 2 rings (SSSR count). The molecule has 0 aromatic carbocycles. The van der Waals surface area contributed by atoms with Crippen molar-refractivity contribution >= 4 is 6.29 Å². The summed E-state index contributed by atoms with van der Waals surface area (Å²) in [5.74, 6) is 0.762. The zero-order chi connectivity index (χ0) is 10.9. The molecular weight excluding hydrogens is 264 g/mol. The molecule has 0 aliphatic heterocycles. The topological polar surface area (TPSA) is 17.1 Å². The third-order valence-corrected chi connectivity index (χ3v) is 3.44. The van der Waals surface area contributed by atoms with Gasteiger partial charge >= 0.3 is 17.1 Å². The third-order valence-electron chi connectivity index (χ3n) is 3.44. The van der Waals surface area contributed by atoms with E-state index in [9.17, 15) is 4.79 Å². The van der Waals surface area contributed by atoms with Crippen molar-refractivity contribution in [3.05, 3.63) is 27.0 Å². The summed E-state index contributed by atoms with van der Waals surface area (Å²) in [7, 11) is 0. The van der Waals surface area contributed by atoms with Gasteiger partial charge in [-0.25, -0.2) is 0 Å². The van der Waals surface area contributed by atoms with Gasteiger partial charge in [0.15, 0.2) is 0 Å². The number of hydrogen-bond donors (Lipinski definition) is 0. The van der Waals surface area contributed by atoms with Gasteiger partial charge in [-0.1, -0.05) is 64.4 Å². The summed E-state index contributed by atoms with van der Waals surface area (Å²) in [5.41, 5.74) is 0.770. The zero-order valence-corrected chi connectivity index (χ0v) is 13.3. The minimum atomic E-state index is 0. The molecule has 0 aromatic heterocycles. The Hall–Kier alpha value is -0.0705. The SMILES string of the molecule is C1CCCC1.C=C(C=O)CC1CCCC1.[CH3-].[CH3-].[Fe+2]. The van der Waals surface area contributed by atoms with Crippen LogP contribution in [0.3, 0.4) is 0 Å². The maximum atomic E-state index is 10.2. The Balaban J connectivity index is -0.000000245. The van der Waals surface area contributed by atoms with Crippen LogP contribution in [0, 0.1) is 20.8 Å². The minimum absolute atomic E-state index is 0. The molecule has 0 aromatic rings. The quantitative estimate of drug-likeness (QED) is 0.304. The fourth-order valence-electron chi connectivity index (χ4n) is 2.52. The first-order valence-corrected chi connectivity index (χ1v) is 6.46. The molecule has 2 aliphatic rings. The third kappa shape index (κ3) is 11.0. The Morgan fingerprint density at radius 2 is 1.33 bits per heavy atom. The number of aldehydes is 1. The van der Waals surface area contributed by atoms with E-state index in [1.807, 2.05) is 0 Å². The van der Waals surface area contributed by atoms with Crippen LogP contribution in [0.15, 0.2) is 12.2 Å². The zero-order valence-electron chi connectivity index (χ0n) is 12.2. The van der Waals surface area contributed by atoms with Gasteiger partial charge in [-0.2, -0.15) is 0 Å². The average molecular weight is 294 g/mol. The number of carbonyl (C=O) groups is 1. The van der Waals surface area contributed by atoms with Gasteiger partial charge in [-0.3, -0.25) is 4.79 Å². The van der Waals surface area contributed by atoms with Gasteiger partial charge in [0.25, 0.3) is 0 Å². The second kappa shape index (κ2) is 15.0. The molecule has 2 heteroatoms. The standard InChI is InChI=1S/C9H14O.C5H10.2CH3.Fe/c1-8(7-10)6-9-4-2-3-5-9;1-2-4-5-3-1;;;/h7,9H,1-6H2;1-5H2;2*1H3;/q;;2*-1;+2. The van der Waals surface area contributed by atoms with E-state index in [0.29, 0.717) is 0 Å². The first kappa shape index (κ1) is 23.1. The van der Waals surface area contributed by atoms with Crippen molar-refractivity contribution in [3.8, 4) is 0 Å². The molecule has 2 fully saturated rings. The van der Waals surface area contributed by atoms with Crippen molar-refractivity contribution in [1.82, 2.24) is 0 Å². The number of allylic oxidation sites excluding steroid dienone is 1. The summed E-state index contributed by atoms with van der Waals surface area (Å²) < 4.78 is 0. The van der Waals surface area contributed by atoms with Crippen molar-refractivity contribution in [1.29, 1.82) is 0 Å². The number of rotatable bonds is 3. The maximum absolute atomic E-state index is 10.2. The van der Waals surface area contributed by atoms with Crippen LogP contribution in [0.1, 0.15) is 64.2 Å². The number of carbonyl (C=O) groups excluding carboxylic acids is 1. The molecule has 18 heavy (non-hydrogen) atoms. The molecule has 0 heterocycles. The van der Waals surface area contributed by atoms with Gasteiger partial charge < -0.3 is 14.9 Å². The first-order chi connectivity index (χ1) is 7.33. The Morgan fingerprint density at radius 1 is 0.944 bits per heavy atom. The van der Waals surface area contributed by atoms with Crippen LogP contribution in [0.5, 0.6) is 0 Å². The van der Waals surface area contributed by atoms with Gasteiger partial charge in [0.05, 0.1) is 0 Å². The van der Waals surface area contributed by atoms with Crippen LogP contribution in [0.2, 0.25) is 0 Å². The Morgan fingerprint density at radius 3 is 1.67 bits per heavy atom. The second-order valence-electron chi connectivity index (χ2n) is 4.90. The Kier molecular flexibility index (Phi) is 19.2. The summed E-state index contributed by atoms with van der Waals surface area (Å²) in [6, 6.07) is 0. The van der Waals surface area contributed by atoms with Gasteiger partial charge in [0, 0.05) is 0 Å². The molecule has 108 valence electrons. The van der Waals surface area contributed by atoms with E-state index in [1.54, 1.807) is 0 Å². The Labute approximate surface area is 125 Å². The minimum Gasteiger partial charge on any atom is -0.358 e. The molecule has 0 unspecified atom stereocenters. The van der Waals surface area contributed by atoms with Crippen LogP contribution < -0.4 is 0 Å². The van der Waals surface area contributed by atoms with Crippen LogP contribution in [0.25, 0.3) is 0 Å². The predicted octanol–water partition coefficient (Wildman–Crippen LogP) is 5.17. The number of hydrogen-bond acceptors (Lipinski definition) is 1. The summed E-state index contributed by atoms with van der Waals surface area (Å²) >= 11 is 0. The summed E-state index contributed by atoms with van der Waals surface area (Å²) in [6.45, 7) is 3.67. The largest absolute Gasteiger partial charge is 2.00 e. The van der Waals surface area contributed by atoms with E-state index in [0.717, 1.165) is 24.2 Å². The van der Waals surface area contributed by atoms with E-state index >= 15 is 0 Å². The molecule has 1 nitrogen and oxygen atoms in total. The molecule has 0 saturated heterocycles. The fraction of sp³-hybridized carbons (Fsp3) is 0.688. The van der Waals surface area contributed by atoms with Crippen LogP contribution >= 0.6 is 0 Å². The summed E-state index contributed by atoms with van der Waals surface area (Å²) in [5, 5.41) is 0. The summed E-state index contributed by atoms with van der Waals surface area (Å²) in [4.78, 5) is 10.2. The molecule has 0 bridgehead atoms. The molecule has 0 N–H and O–H groups in total. The van der Waals surface area contributed by atoms with Crippen LogP contribution in [-0.4, -0.2) is 6.29 Å². The van der Waals surface area contributed by atoms with Gasteiger partial charge in [0.2, 0.25) is 0 Å². The van der Waals surface area contributed by atoms with E-state index in [4.69, 9.17) is 0 Å². The molecular formula is C16H30FeO. The van der Waals surface area contributed by atoms with Crippen LogP contribution in [0.4, 0.5) is 0 Å². The first-order valence-electron chi connectivity index (χ1n) is 6.46.